The molecule has 1 amide bonds. The van der Waals surface area contributed by atoms with E-state index in [0.717, 1.165) is 35.0 Å². The van der Waals surface area contributed by atoms with E-state index in [2.05, 4.69) is 15.0 Å². The number of ether oxygens (including phenoxy) is 1. The number of ketones is 1. The summed E-state index contributed by atoms with van der Waals surface area (Å²) in [5.74, 6) is -2.49. The van der Waals surface area contributed by atoms with Crippen molar-refractivity contribution in [3.8, 4) is 16.9 Å². The average molecular weight is 524 g/mol. The second-order valence-corrected chi connectivity index (χ2v) is 8.18. The molecule has 1 N–H and O–H groups in total. The number of hydrogen-bond donors (Lipinski definition) is 1. The topological polar surface area (TPSA) is 68.3 Å². The number of pyridine rings is 1. The lowest BCUT2D eigenvalue weighted by Gasteiger charge is -2.16. The molecule has 5 nitrogen and oxygen atoms in total. The van der Waals surface area contributed by atoms with E-state index in [4.69, 9.17) is 0 Å². The molecule has 2 aromatic carbocycles. The Morgan fingerprint density at radius 1 is 0.946 bits per heavy atom. The van der Waals surface area contributed by atoms with Crippen molar-refractivity contribution in [1.82, 2.24) is 4.98 Å². The number of hydrogen-bond acceptors (Lipinski definition) is 4. The fourth-order valence-corrected chi connectivity index (χ4v) is 3.53. The fraction of sp³-hybridized carbons (Fsp3) is 0.269. The van der Waals surface area contributed by atoms with Crippen LogP contribution in [0.2, 0.25) is 0 Å². The molecule has 0 saturated carbocycles. The molecule has 0 radical (unpaired) electrons. The summed E-state index contributed by atoms with van der Waals surface area (Å²) in [7, 11) is 0. The van der Waals surface area contributed by atoms with Crippen LogP contribution in [0.4, 0.5) is 32.0 Å². The lowest BCUT2D eigenvalue weighted by Crippen LogP contribution is -2.21. The van der Waals surface area contributed by atoms with Crippen molar-refractivity contribution in [2.75, 3.05) is 11.9 Å². The van der Waals surface area contributed by atoms with Gasteiger partial charge in [0, 0.05) is 22.6 Å². The smallest absolute Gasteiger partial charge is 0.422 e. The Bertz CT molecular complexity index is 1300. The van der Waals surface area contributed by atoms with Crippen LogP contribution in [0.1, 0.15) is 40.7 Å². The molecule has 0 aliphatic heterocycles. The molecule has 0 spiro atoms. The SMILES string of the molecule is CCc1cc(-c2cccc(C(=O)CC(=O)Nc3ccc(OCC(F)(F)F)c(C(F)(F)F)c3)c2)cc(C)n1. The Morgan fingerprint density at radius 3 is 2.32 bits per heavy atom. The van der Waals surface area contributed by atoms with Crippen LogP contribution in [0.15, 0.2) is 54.6 Å². The van der Waals surface area contributed by atoms with Crippen molar-refractivity contribution in [3.63, 3.8) is 0 Å². The van der Waals surface area contributed by atoms with Crippen LogP contribution in [0.3, 0.4) is 0 Å². The number of amides is 1. The first-order valence-corrected chi connectivity index (χ1v) is 11.1. The Labute approximate surface area is 208 Å². The number of nitrogens with zero attached hydrogens (tertiary/aromatic N) is 1. The van der Waals surface area contributed by atoms with Gasteiger partial charge in [0.05, 0.1) is 12.0 Å². The molecule has 1 aromatic heterocycles. The Hall–Kier alpha value is -3.89. The molecule has 3 aromatic rings. The molecule has 0 aliphatic rings. The van der Waals surface area contributed by atoms with Gasteiger partial charge in [-0.05, 0) is 60.9 Å². The minimum Gasteiger partial charge on any atom is -0.483 e. The summed E-state index contributed by atoms with van der Waals surface area (Å²) in [5.41, 5.74) is 1.64. The molecule has 196 valence electrons. The molecule has 3 rings (SSSR count). The molecule has 0 bridgehead atoms. The van der Waals surface area contributed by atoms with Crippen LogP contribution in [-0.2, 0) is 17.4 Å². The van der Waals surface area contributed by atoms with E-state index in [1.807, 2.05) is 26.0 Å². The van der Waals surface area contributed by atoms with Gasteiger partial charge in [-0.3, -0.25) is 14.6 Å². The normalized spacial score (nSPS) is 11.8. The monoisotopic (exact) mass is 524 g/mol. The third kappa shape index (κ3) is 7.80. The van der Waals surface area contributed by atoms with Crippen molar-refractivity contribution in [2.24, 2.45) is 0 Å². The van der Waals surface area contributed by atoms with Crippen molar-refractivity contribution >= 4 is 17.4 Å². The molecule has 0 fully saturated rings. The third-order valence-corrected chi connectivity index (χ3v) is 5.17. The number of benzene rings is 2. The molecule has 0 atom stereocenters. The van der Waals surface area contributed by atoms with Crippen LogP contribution in [0.5, 0.6) is 5.75 Å². The minimum atomic E-state index is -5.04. The zero-order chi connectivity index (χ0) is 27.4. The van der Waals surface area contributed by atoms with Gasteiger partial charge >= 0.3 is 12.4 Å². The second kappa shape index (κ2) is 11.0. The predicted molar refractivity (Wildman–Crippen MR) is 124 cm³/mol. The summed E-state index contributed by atoms with van der Waals surface area (Å²) in [4.78, 5) is 29.5. The zero-order valence-corrected chi connectivity index (χ0v) is 19.8. The van der Waals surface area contributed by atoms with Crippen LogP contribution in [0, 0.1) is 6.92 Å². The molecular formula is C26H22F6N2O3. The maximum atomic E-state index is 13.3. The third-order valence-electron chi connectivity index (χ3n) is 5.17. The number of carbonyl (C=O) groups excluding carboxylic acids is 2. The maximum absolute atomic E-state index is 13.3. The van der Waals surface area contributed by atoms with E-state index >= 15 is 0 Å². The highest BCUT2D eigenvalue weighted by molar-refractivity contribution is 6.11. The van der Waals surface area contributed by atoms with Gasteiger partial charge in [0.2, 0.25) is 5.91 Å². The lowest BCUT2D eigenvalue weighted by molar-refractivity contribution is -0.158. The highest BCUT2D eigenvalue weighted by Crippen LogP contribution is 2.38. The number of carbonyl (C=O) groups is 2. The molecule has 1 heterocycles. The standard InChI is InChI=1S/C26H22F6N2O3/c1-3-19-11-18(9-15(2)33-19)16-5-4-6-17(10-16)22(35)13-24(36)34-20-7-8-23(37-14-25(27,28)29)21(12-20)26(30,31)32/h4-12H,3,13-14H2,1-2H3,(H,34,36). The van der Waals surface area contributed by atoms with Crippen LogP contribution < -0.4 is 10.1 Å². The maximum Gasteiger partial charge on any atom is 0.422 e. The summed E-state index contributed by atoms with van der Waals surface area (Å²) < 4.78 is 81.3. The lowest BCUT2D eigenvalue weighted by atomic mass is 9.99. The van der Waals surface area contributed by atoms with Crippen molar-refractivity contribution in [3.05, 3.63) is 77.1 Å². The highest BCUT2D eigenvalue weighted by atomic mass is 19.4. The summed E-state index contributed by atoms with van der Waals surface area (Å²) in [6.07, 6.45) is -9.81. The molecule has 0 unspecified atom stereocenters. The van der Waals surface area contributed by atoms with Crippen molar-refractivity contribution in [1.29, 1.82) is 0 Å². The van der Waals surface area contributed by atoms with Gasteiger partial charge < -0.3 is 10.1 Å². The van der Waals surface area contributed by atoms with E-state index in [1.165, 1.54) is 6.07 Å². The summed E-state index contributed by atoms with van der Waals surface area (Å²) in [6, 6.07) is 12.4. The Morgan fingerprint density at radius 2 is 1.68 bits per heavy atom. The molecular weight excluding hydrogens is 502 g/mol. The van der Waals surface area contributed by atoms with Gasteiger partial charge in [0.25, 0.3) is 0 Å². The largest absolute Gasteiger partial charge is 0.483 e. The first-order valence-electron chi connectivity index (χ1n) is 11.1. The molecule has 0 aliphatic carbocycles. The van der Waals surface area contributed by atoms with E-state index < -0.39 is 48.4 Å². The predicted octanol–water partition coefficient (Wildman–Crippen LogP) is 6.79. The molecule has 11 heteroatoms. The Balaban J connectivity index is 1.74. The van der Waals surface area contributed by atoms with Crippen LogP contribution in [-0.4, -0.2) is 29.5 Å². The van der Waals surface area contributed by atoms with Crippen LogP contribution >= 0.6 is 0 Å². The number of anilines is 1. The van der Waals surface area contributed by atoms with Gasteiger partial charge in [-0.15, -0.1) is 0 Å². The Kier molecular flexibility index (Phi) is 8.25. The number of Topliss-reactive ketones (excluding diaryl/α,β-unsaturated/α-hetero) is 1. The van der Waals surface area contributed by atoms with Crippen molar-refractivity contribution in [2.45, 2.75) is 39.0 Å². The summed E-state index contributed by atoms with van der Waals surface area (Å²) in [6.45, 7) is 1.90. The van der Waals surface area contributed by atoms with Crippen LogP contribution in [0.25, 0.3) is 11.1 Å². The van der Waals surface area contributed by atoms with Gasteiger partial charge in [-0.25, -0.2) is 0 Å². The first-order chi connectivity index (χ1) is 17.2. The average Bonchev–Trinajstić information content (AvgIpc) is 2.81. The van der Waals surface area contributed by atoms with Crippen molar-refractivity contribution < 1.29 is 40.7 Å². The number of nitrogens with one attached hydrogen (secondary N) is 1. The number of aromatic nitrogens is 1. The van der Waals surface area contributed by atoms with E-state index in [0.29, 0.717) is 12.1 Å². The van der Waals surface area contributed by atoms with E-state index in [-0.39, 0.29) is 11.3 Å². The highest BCUT2D eigenvalue weighted by Gasteiger charge is 2.36. The second-order valence-electron chi connectivity index (χ2n) is 8.18. The van der Waals surface area contributed by atoms with E-state index in [9.17, 15) is 35.9 Å². The summed E-state index contributed by atoms with van der Waals surface area (Å²) >= 11 is 0. The number of rotatable bonds is 8. The minimum absolute atomic E-state index is 0.229. The number of aryl methyl sites for hydroxylation is 2. The quantitative estimate of drug-likeness (QED) is 0.200. The number of halogens is 6. The van der Waals surface area contributed by atoms with Gasteiger partial charge in [0.15, 0.2) is 12.4 Å². The van der Waals surface area contributed by atoms with E-state index in [1.54, 1.807) is 18.2 Å². The summed E-state index contributed by atoms with van der Waals surface area (Å²) in [5, 5.41) is 2.18. The molecule has 37 heavy (non-hydrogen) atoms. The van der Waals surface area contributed by atoms with Gasteiger partial charge in [0.1, 0.15) is 5.75 Å². The fourth-order valence-electron chi connectivity index (χ4n) is 3.53. The van der Waals surface area contributed by atoms with Gasteiger partial charge in [-0.2, -0.15) is 26.3 Å². The first kappa shape index (κ1) is 27.7. The zero-order valence-electron chi connectivity index (χ0n) is 19.8. The molecule has 0 saturated heterocycles. The number of alkyl halides is 6. The van der Waals surface area contributed by atoms with Gasteiger partial charge in [-0.1, -0.05) is 25.1 Å².